The fourth-order valence-corrected chi connectivity index (χ4v) is 5.84. The van der Waals surface area contributed by atoms with Gasteiger partial charge < -0.3 is 0 Å². The SMILES string of the molecule is c1ccc(-c2nc(-c3ccccc3)nc(-c3cc(-c4cccnc4)cc(-c4cc5ccccc5c5ccccc45)c3)n2)cc1. The lowest BCUT2D eigenvalue weighted by Crippen LogP contribution is -2.00. The van der Waals surface area contributed by atoms with Crippen LogP contribution in [0.25, 0.3) is 78.0 Å². The maximum atomic E-state index is 5.04. The Morgan fingerprint density at radius 1 is 0.341 bits per heavy atom. The van der Waals surface area contributed by atoms with Crippen LogP contribution < -0.4 is 0 Å². The number of nitrogens with zero attached hydrogens (tertiary/aromatic N) is 4. The highest BCUT2D eigenvalue weighted by Crippen LogP contribution is 2.38. The number of rotatable bonds is 5. The first-order valence-electron chi connectivity index (χ1n) is 14.6. The number of hydrogen-bond acceptors (Lipinski definition) is 4. The topological polar surface area (TPSA) is 51.6 Å². The van der Waals surface area contributed by atoms with Crippen molar-refractivity contribution in [3.63, 3.8) is 0 Å². The standard InChI is InChI=1S/C40H26N4/c1-3-12-27(13-4-1)38-42-39(28-14-5-2-6-15-28)44-40(43-38)33-23-31(30-17-11-21-41-26-30)22-32(24-33)37-25-29-16-7-8-18-34(29)35-19-9-10-20-36(35)37/h1-26H. The first-order chi connectivity index (χ1) is 21.8. The third-order valence-corrected chi connectivity index (χ3v) is 7.96. The van der Waals surface area contributed by atoms with Crippen molar-refractivity contribution in [2.24, 2.45) is 0 Å². The van der Waals surface area contributed by atoms with Crippen LogP contribution in [-0.2, 0) is 0 Å². The van der Waals surface area contributed by atoms with E-state index in [1.807, 2.05) is 72.9 Å². The normalized spacial score (nSPS) is 11.2. The zero-order valence-electron chi connectivity index (χ0n) is 23.8. The van der Waals surface area contributed by atoms with E-state index in [2.05, 4.69) is 83.8 Å². The number of fused-ring (bicyclic) bond motifs is 3. The molecule has 206 valence electrons. The summed E-state index contributed by atoms with van der Waals surface area (Å²) in [4.78, 5) is 19.4. The van der Waals surface area contributed by atoms with Gasteiger partial charge in [-0.15, -0.1) is 0 Å². The van der Waals surface area contributed by atoms with Crippen LogP contribution in [-0.4, -0.2) is 19.9 Å². The zero-order valence-corrected chi connectivity index (χ0v) is 23.8. The molecule has 0 fully saturated rings. The number of aromatic nitrogens is 4. The summed E-state index contributed by atoms with van der Waals surface area (Å²) in [6, 6.07) is 50.3. The molecule has 0 atom stereocenters. The van der Waals surface area contributed by atoms with Gasteiger partial charge in [-0.1, -0.05) is 115 Å². The summed E-state index contributed by atoms with van der Waals surface area (Å²) in [5.74, 6) is 1.90. The Hall–Kier alpha value is -6.00. The maximum Gasteiger partial charge on any atom is 0.164 e. The minimum atomic E-state index is 0.620. The first-order valence-corrected chi connectivity index (χ1v) is 14.6. The Labute approximate surface area is 255 Å². The van der Waals surface area contributed by atoms with E-state index in [4.69, 9.17) is 15.0 Å². The van der Waals surface area contributed by atoms with E-state index in [1.165, 1.54) is 21.5 Å². The Bertz CT molecular complexity index is 2210. The van der Waals surface area contributed by atoms with Crippen molar-refractivity contribution >= 4 is 21.5 Å². The summed E-state index contributed by atoms with van der Waals surface area (Å²) in [6.07, 6.45) is 3.70. The molecule has 0 N–H and O–H groups in total. The summed E-state index contributed by atoms with van der Waals surface area (Å²) in [5.41, 5.74) is 7.12. The van der Waals surface area contributed by atoms with Gasteiger partial charge in [-0.3, -0.25) is 4.98 Å². The highest BCUT2D eigenvalue weighted by atomic mass is 15.0. The Morgan fingerprint density at radius 3 is 1.52 bits per heavy atom. The van der Waals surface area contributed by atoms with E-state index in [9.17, 15) is 0 Å². The number of hydrogen-bond donors (Lipinski definition) is 0. The fraction of sp³-hybridized carbons (Fsp3) is 0. The molecule has 8 rings (SSSR count). The van der Waals surface area contributed by atoms with Crippen LogP contribution in [0.15, 0.2) is 158 Å². The quantitative estimate of drug-likeness (QED) is 0.196. The summed E-state index contributed by atoms with van der Waals surface area (Å²) < 4.78 is 0. The molecular weight excluding hydrogens is 536 g/mol. The van der Waals surface area contributed by atoms with Crippen LogP contribution in [0.2, 0.25) is 0 Å². The van der Waals surface area contributed by atoms with E-state index in [-0.39, 0.29) is 0 Å². The molecule has 4 nitrogen and oxygen atoms in total. The summed E-state index contributed by atoms with van der Waals surface area (Å²) in [5, 5.41) is 4.87. The fourth-order valence-electron chi connectivity index (χ4n) is 5.84. The van der Waals surface area contributed by atoms with Gasteiger partial charge in [0.05, 0.1) is 0 Å². The molecule has 6 aromatic carbocycles. The van der Waals surface area contributed by atoms with Crippen LogP contribution in [0.4, 0.5) is 0 Å². The molecule has 0 unspecified atom stereocenters. The van der Waals surface area contributed by atoms with Gasteiger partial charge in [0, 0.05) is 34.6 Å². The molecule has 2 aromatic heterocycles. The third kappa shape index (κ3) is 4.79. The predicted octanol–water partition coefficient (Wildman–Crippen LogP) is 9.91. The maximum absolute atomic E-state index is 5.04. The predicted molar refractivity (Wildman–Crippen MR) is 180 cm³/mol. The average Bonchev–Trinajstić information content (AvgIpc) is 3.12. The van der Waals surface area contributed by atoms with Crippen LogP contribution in [0.5, 0.6) is 0 Å². The molecule has 0 saturated heterocycles. The van der Waals surface area contributed by atoms with Gasteiger partial charge >= 0.3 is 0 Å². The molecule has 0 aliphatic carbocycles. The lowest BCUT2D eigenvalue weighted by molar-refractivity contribution is 1.07. The highest BCUT2D eigenvalue weighted by Gasteiger charge is 2.16. The van der Waals surface area contributed by atoms with Crippen LogP contribution in [0.3, 0.4) is 0 Å². The van der Waals surface area contributed by atoms with Crippen molar-refractivity contribution in [2.75, 3.05) is 0 Å². The summed E-state index contributed by atoms with van der Waals surface area (Å²) >= 11 is 0. The molecule has 0 aliphatic rings. The Balaban J connectivity index is 1.41. The summed E-state index contributed by atoms with van der Waals surface area (Å²) in [7, 11) is 0. The molecule has 8 aromatic rings. The van der Waals surface area contributed by atoms with Gasteiger partial charge in [0.15, 0.2) is 17.5 Å². The van der Waals surface area contributed by atoms with Crippen LogP contribution in [0.1, 0.15) is 0 Å². The van der Waals surface area contributed by atoms with Crippen molar-refractivity contribution in [2.45, 2.75) is 0 Å². The smallest absolute Gasteiger partial charge is 0.164 e. The van der Waals surface area contributed by atoms with Gasteiger partial charge in [0.25, 0.3) is 0 Å². The van der Waals surface area contributed by atoms with Crippen molar-refractivity contribution in [1.29, 1.82) is 0 Å². The Kier molecular flexibility index (Phi) is 6.43. The second-order valence-electron chi connectivity index (χ2n) is 10.8. The van der Waals surface area contributed by atoms with Crippen LogP contribution >= 0.6 is 0 Å². The van der Waals surface area contributed by atoms with Crippen molar-refractivity contribution in [3.05, 3.63) is 158 Å². The van der Waals surface area contributed by atoms with Gasteiger partial charge in [0.1, 0.15) is 0 Å². The molecule has 0 saturated carbocycles. The lowest BCUT2D eigenvalue weighted by Gasteiger charge is -2.15. The molecule has 0 spiro atoms. The van der Waals surface area contributed by atoms with Crippen molar-refractivity contribution in [1.82, 2.24) is 19.9 Å². The van der Waals surface area contributed by atoms with Gasteiger partial charge in [-0.2, -0.15) is 0 Å². The second-order valence-corrected chi connectivity index (χ2v) is 10.8. The van der Waals surface area contributed by atoms with E-state index < -0.39 is 0 Å². The van der Waals surface area contributed by atoms with E-state index in [1.54, 1.807) is 6.20 Å². The van der Waals surface area contributed by atoms with E-state index in [0.29, 0.717) is 17.5 Å². The van der Waals surface area contributed by atoms with Crippen molar-refractivity contribution < 1.29 is 0 Å². The zero-order chi connectivity index (χ0) is 29.3. The average molecular weight is 563 g/mol. The molecule has 44 heavy (non-hydrogen) atoms. The van der Waals surface area contributed by atoms with Crippen LogP contribution in [0, 0.1) is 0 Å². The molecule has 4 heteroatoms. The van der Waals surface area contributed by atoms with Gasteiger partial charge in [-0.05, 0) is 68.6 Å². The molecule has 0 amide bonds. The minimum absolute atomic E-state index is 0.620. The van der Waals surface area contributed by atoms with E-state index >= 15 is 0 Å². The molecular formula is C40H26N4. The van der Waals surface area contributed by atoms with Gasteiger partial charge in [0.2, 0.25) is 0 Å². The molecule has 0 bridgehead atoms. The highest BCUT2D eigenvalue weighted by molar-refractivity contribution is 6.14. The first kappa shape index (κ1) is 25.7. The lowest BCUT2D eigenvalue weighted by atomic mass is 9.90. The summed E-state index contributed by atoms with van der Waals surface area (Å²) in [6.45, 7) is 0. The third-order valence-electron chi connectivity index (χ3n) is 7.96. The number of pyridine rings is 1. The molecule has 0 aliphatic heterocycles. The van der Waals surface area contributed by atoms with Gasteiger partial charge in [-0.25, -0.2) is 15.0 Å². The van der Waals surface area contributed by atoms with E-state index in [0.717, 1.165) is 38.9 Å². The van der Waals surface area contributed by atoms with Crippen molar-refractivity contribution in [3.8, 4) is 56.4 Å². The largest absolute Gasteiger partial charge is 0.264 e. The Morgan fingerprint density at radius 2 is 0.864 bits per heavy atom. The molecule has 0 radical (unpaired) electrons. The minimum Gasteiger partial charge on any atom is -0.264 e. The monoisotopic (exact) mass is 562 g/mol. The second kappa shape index (κ2) is 11.0. The number of benzene rings is 6. The molecule has 2 heterocycles.